The predicted octanol–water partition coefficient (Wildman–Crippen LogP) is 4.04. The maximum absolute atomic E-state index is 13.0. The second-order valence-electron chi connectivity index (χ2n) is 5.67. The van der Waals surface area contributed by atoms with Crippen LogP contribution >= 0.6 is 27.5 Å². The number of carbonyl (C=O) groups is 1. The van der Waals surface area contributed by atoms with Crippen LogP contribution in [0, 0.1) is 5.82 Å². The van der Waals surface area contributed by atoms with E-state index in [1.54, 1.807) is 0 Å². The van der Waals surface area contributed by atoms with Gasteiger partial charge in [0.2, 0.25) is 0 Å². The molecule has 2 aromatic carbocycles. The molecule has 0 fully saturated rings. The molecular formula is C18H19BrClFN2O2. The summed E-state index contributed by atoms with van der Waals surface area (Å²) < 4.78 is 18.9. The fourth-order valence-electron chi connectivity index (χ4n) is 2.31. The van der Waals surface area contributed by atoms with E-state index in [4.69, 9.17) is 16.3 Å². The number of halogens is 3. The highest BCUT2D eigenvalue weighted by molar-refractivity contribution is 9.10. The van der Waals surface area contributed by atoms with Crippen molar-refractivity contribution in [1.29, 1.82) is 0 Å². The highest BCUT2D eigenvalue weighted by Gasteiger charge is 2.18. The van der Waals surface area contributed by atoms with Gasteiger partial charge in [-0.1, -0.05) is 29.8 Å². The molecule has 1 atom stereocenters. The van der Waals surface area contributed by atoms with Crippen molar-refractivity contribution in [3.8, 4) is 5.75 Å². The molecule has 25 heavy (non-hydrogen) atoms. The zero-order valence-corrected chi connectivity index (χ0v) is 16.3. The molecule has 0 heterocycles. The number of nitrogens with one attached hydrogen (secondary N) is 1. The molecule has 7 heteroatoms. The molecule has 0 aliphatic heterocycles. The van der Waals surface area contributed by atoms with E-state index in [1.807, 2.05) is 43.3 Å². The first-order valence-electron chi connectivity index (χ1n) is 7.64. The summed E-state index contributed by atoms with van der Waals surface area (Å²) in [4.78, 5) is 14.0. The van der Waals surface area contributed by atoms with Crippen LogP contribution in [0.1, 0.15) is 11.6 Å². The molecule has 1 N–H and O–H groups in total. The summed E-state index contributed by atoms with van der Waals surface area (Å²) in [6.45, 7) is 0.233. The largest absolute Gasteiger partial charge is 0.483 e. The van der Waals surface area contributed by atoms with Crippen molar-refractivity contribution in [2.45, 2.75) is 6.04 Å². The Balaban J connectivity index is 1.92. The summed E-state index contributed by atoms with van der Waals surface area (Å²) in [5.74, 6) is -0.237. The number of rotatable bonds is 7. The minimum absolute atomic E-state index is 0.0600. The zero-order valence-electron chi connectivity index (χ0n) is 13.9. The van der Waals surface area contributed by atoms with Crippen molar-refractivity contribution in [2.75, 3.05) is 27.2 Å². The Morgan fingerprint density at radius 2 is 2.04 bits per heavy atom. The normalized spacial score (nSPS) is 12.1. The Hall–Kier alpha value is -1.63. The molecule has 0 aliphatic rings. The molecule has 0 saturated carbocycles. The lowest BCUT2D eigenvalue weighted by atomic mass is 10.1. The van der Waals surface area contributed by atoms with Crippen LogP contribution in [0.5, 0.6) is 5.75 Å². The van der Waals surface area contributed by atoms with E-state index in [0.717, 1.165) is 5.56 Å². The molecule has 0 radical (unpaired) electrons. The third-order valence-electron chi connectivity index (χ3n) is 3.63. The fraction of sp³-hybridized carbons (Fsp3) is 0.278. The van der Waals surface area contributed by atoms with Gasteiger partial charge < -0.3 is 15.0 Å². The molecule has 0 spiro atoms. The lowest BCUT2D eigenvalue weighted by Gasteiger charge is -2.26. The smallest absolute Gasteiger partial charge is 0.258 e. The number of nitrogens with zero attached hydrogens (tertiary/aromatic N) is 1. The minimum Gasteiger partial charge on any atom is -0.483 e. The first-order valence-corrected chi connectivity index (χ1v) is 8.81. The molecule has 0 aliphatic carbocycles. The van der Waals surface area contributed by atoms with Crippen molar-refractivity contribution >= 4 is 33.4 Å². The Labute approximate surface area is 160 Å². The lowest BCUT2D eigenvalue weighted by molar-refractivity contribution is -0.123. The van der Waals surface area contributed by atoms with Crippen LogP contribution in [0.3, 0.4) is 0 Å². The Morgan fingerprint density at radius 1 is 1.32 bits per heavy atom. The first kappa shape index (κ1) is 19.7. The van der Waals surface area contributed by atoms with Gasteiger partial charge in [0.15, 0.2) is 6.61 Å². The van der Waals surface area contributed by atoms with E-state index in [-0.39, 0.29) is 24.4 Å². The quantitative estimate of drug-likeness (QED) is 0.722. The van der Waals surface area contributed by atoms with E-state index in [1.165, 1.54) is 18.2 Å². The van der Waals surface area contributed by atoms with Gasteiger partial charge in [0.1, 0.15) is 11.6 Å². The molecule has 134 valence electrons. The van der Waals surface area contributed by atoms with Crippen LogP contribution in [0.2, 0.25) is 5.02 Å². The molecular weight excluding hydrogens is 411 g/mol. The van der Waals surface area contributed by atoms with Gasteiger partial charge in [-0.25, -0.2) is 4.39 Å². The van der Waals surface area contributed by atoms with Crippen LogP contribution in [0.25, 0.3) is 0 Å². The second kappa shape index (κ2) is 9.17. The van der Waals surface area contributed by atoms with Crippen LogP contribution in [-0.2, 0) is 4.79 Å². The summed E-state index contributed by atoms with van der Waals surface area (Å²) in [5, 5.41) is 3.49. The Morgan fingerprint density at radius 3 is 2.68 bits per heavy atom. The van der Waals surface area contributed by atoms with Crippen LogP contribution < -0.4 is 10.1 Å². The number of benzene rings is 2. The third kappa shape index (κ3) is 5.70. The summed E-state index contributed by atoms with van der Waals surface area (Å²) in [7, 11) is 3.85. The van der Waals surface area contributed by atoms with Gasteiger partial charge in [0.05, 0.1) is 10.5 Å². The van der Waals surface area contributed by atoms with Gasteiger partial charge in [-0.05, 0) is 59.9 Å². The number of amides is 1. The monoisotopic (exact) mass is 428 g/mol. The topological polar surface area (TPSA) is 41.6 Å². The van der Waals surface area contributed by atoms with Gasteiger partial charge in [-0.3, -0.25) is 4.79 Å². The van der Waals surface area contributed by atoms with E-state index >= 15 is 0 Å². The number of carbonyl (C=O) groups excluding carboxylic acids is 1. The summed E-state index contributed by atoms with van der Waals surface area (Å²) in [5.41, 5.74) is 0.941. The first-order chi connectivity index (χ1) is 11.9. The van der Waals surface area contributed by atoms with Crippen LogP contribution in [0.4, 0.5) is 4.39 Å². The molecule has 0 aromatic heterocycles. The van der Waals surface area contributed by atoms with Gasteiger partial charge in [0, 0.05) is 11.6 Å². The predicted molar refractivity (Wildman–Crippen MR) is 100 cm³/mol. The molecule has 0 bridgehead atoms. The Kier molecular flexibility index (Phi) is 7.23. The SMILES string of the molecule is CN(C)[C@@H](CNC(=O)COc1ccc(F)cc1Br)c1ccccc1Cl. The van der Waals surface area contributed by atoms with E-state index < -0.39 is 0 Å². The molecule has 0 saturated heterocycles. The Bertz CT molecular complexity index is 743. The van der Waals surface area contributed by atoms with Gasteiger partial charge >= 0.3 is 0 Å². The number of ether oxygens (including phenoxy) is 1. The summed E-state index contributed by atoms with van der Waals surface area (Å²) >= 11 is 9.45. The lowest BCUT2D eigenvalue weighted by Crippen LogP contribution is -2.37. The van der Waals surface area contributed by atoms with Crippen molar-refractivity contribution in [3.05, 3.63) is 63.3 Å². The van der Waals surface area contributed by atoms with Crippen molar-refractivity contribution in [2.24, 2.45) is 0 Å². The van der Waals surface area contributed by atoms with Crippen molar-refractivity contribution in [1.82, 2.24) is 10.2 Å². The average molecular weight is 430 g/mol. The standard InChI is InChI=1S/C18H19BrClFN2O2/c1-23(2)16(13-5-3-4-6-15(13)20)10-22-18(24)11-25-17-8-7-12(21)9-14(17)19/h3-9,16H,10-11H2,1-2H3,(H,22,24)/t16-/m0/s1. The van der Waals surface area contributed by atoms with E-state index in [0.29, 0.717) is 21.8 Å². The number of likely N-dealkylation sites (N-methyl/N-ethyl adjacent to an activating group) is 1. The maximum atomic E-state index is 13.0. The van der Waals surface area contributed by atoms with Gasteiger partial charge in [-0.15, -0.1) is 0 Å². The molecule has 0 unspecified atom stereocenters. The molecule has 4 nitrogen and oxygen atoms in total. The molecule has 1 amide bonds. The fourth-order valence-corrected chi connectivity index (χ4v) is 3.04. The zero-order chi connectivity index (χ0) is 18.4. The molecule has 2 rings (SSSR count). The maximum Gasteiger partial charge on any atom is 0.258 e. The summed E-state index contributed by atoms with van der Waals surface area (Å²) in [6, 6.07) is 11.5. The van der Waals surface area contributed by atoms with E-state index in [2.05, 4.69) is 21.2 Å². The average Bonchev–Trinajstić information content (AvgIpc) is 2.55. The van der Waals surface area contributed by atoms with Crippen LogP contribution in [-0.4, -0.2) is 38.1 Å². The highest BCUT2D eigenvalue weighted by atomic mass is 79.9. The highest BCUT2D eigenvalue weighted by Crippen LogP contribution is 2.26. The van der Waals surface area contributed by atoms with Crippen molar-refractivity contribution in [3.63, 3.8) is 0 Å². The number of hydrogen-bond acceptors (Lipinski definition) is 3. The summed E-state index contributed by atoms with van der Waals surface area (Å²) in [6.07, 6.45) is 0. The van der Waals surface area contributed by atoms with Crippen LogP contribution in [0.15, 0.2) is 46.9 Å². The minimum atomic E-state index is -0.378. The van der Waals surface area contributed by atoms with Crippen molar-refractivity contribution < 1.29 is 13.9 Å². The number of hydrogen-bond donors (Lipinski definition) is 1. The van der Waals surface area contributed by atoms with Gasteiger partial charge in [-0.2, -0.15) is 0 Å². The second-order valence-corrected chi connectivity index (χ2v) is 6.93. The van der Waals surface area contributed by atoms with Gasteiger partial charge in [0.25, 0.3) is 5.91 Å². The van der Waals surface area contributed by atoms with E-state index in [9.17, 15) is 9.18 Å². The molecule has 2 aromatic rings. The third-order valence-corrected chi connectivity index (χ3v) is 4.60.